The van der Waals surface area contributed by atoms with Gasteiger partial charge in [0.05, 0.1) is 34.6 Å². The number of nitrogens with one attached hydrogen (secondary N) is 2. The maximum Gasteiger partial charge on any atom is 0.331 e. The standard InChI is InChI=1S/C20H20Br2N4O6/c1-3-31-15-7-11(5-13(21)17(15)27)9-23-25-19(29)20(30)26-24-10-12-6-14(22)18(28)16(8-12)32-4-2/h5-10,27-28H,3-4H2,1-2H3,(H,25,29)(H,26,30)/b23-9-,24-10-. The highest BCUT2D eigenvalue weighted by atomic mass is 79.9. The van der Waals surface area contributed by atoms with Gasteiger partial charge in [0.25, 0.3) is 0 Å². The molecule has 2 aromatic rings. The molecule has 0 aliphatic heterocycles. The Labute approximate surface area is 200 Å². The second-order valence-corrected chi connectivity index (χ2v) is 7.67. The number of aromatic hydroxyl groups is 2. The van der Waals surface area contributed by atoms with Crippen LogP contribution in [-0.2, 0) is 9.59 Å². The lowest BCUT2D eigenvalue weighted by Gasteiger charge is -2.08. The van der Waals surface area contributed by atoms with E-state index in [2.05, 4.69) is 52.9 Å². The summed E-state index contributed by atoms with van der Waals surface area (Å²) >= 11 is 6.39. The lowest BCUT2D eigenvalue weighted by Crippen LogP contribution is -2.35. The number of hydrogen-bond acceptors (Lipinski definition) is 8. The highest BCUT2D eigenvalue weighted by Crippen LogP contribution is 2.35. The molecule has 10 nitrogen and oxygen atoms in total. The number of carbonyl (C=O) groups is 2. The number of benzene rings is 2. The maximum absolute atomic E-state index is 11.9. The summed E-state index contributed by atoms with van der Waals surface area (Å²) in [4.78, 5) is 23.7. The van der Waals surface area contributed by atoms with Gasteiger partial charge in [0.1, 0.15) is 0 Å². The van der Waals surface area contributed by atoms with Crippen LogP contribution >= 0.6 is 31.9 Å². The van der Waals surface area contributed by atoms with E-state index in [1.54, 1.807) is 26.0 Å². The van der Waals surface area contributed by atoms with E-state index < -0.39 is 11.8 Å². The molecular formula is C20H20Br2N4O6. The van der Waals surface area contributed by atoms with Gasteiger partial charge in [0.15, 0.2) is 23.0 Å². The quantitative estimate of drug-likeness (QED) is 0.218. The molecule has 2 aromatic carbocycles. The predicted octanol–water partition coefficient (Wildman–Crippen LogP) is 3.02. The average Bonchev–Trinajstić information content (AvgIpc) is 2.75. The van der Waals surface area contributed by atoms with E-state index in [9.17, 15) is 19.8 Å². The van der Waals surface area contributed by atoms with E-state index in [-0.39, 0.29) is 23.0 Å². The third kappa shape index (κ3) is 6.95. The van der Waals surface area contributed by atoms with Gasteiger partial charge in [-0.3, -0.25) is 9.59 Å². The minimum absolute atomic E-state index is 0.0562. The third-order valence-electron chi connectivity index (χ3n) is 3.67. The van der Waals surface area contributed by atoms with Crippen LogP contribution in [0.3, 0.4) is 0 Å². The summed E-state index contributed by atoms with van der Waals surface area (Å²) in [6.45, 7) is 4.25. The zero-order valence-corrected chi connectivity index (χ0v) is 20.2. The molecule has 0 spiro atoms. The van der Waals surface area contributed by atoms with Gasteiger partial charge in [-0.1, -0.05) is 0 Å². The number of hydrazone groups is 2. The molecule has 0 aliphatic rings. The lowest BCUT2D eigenvalue weighted by atomic mass is 10.2. The van der Waals surface area contributed by atoms with Crippen molar-refractivity contribution in [3.8, 4) is 23.0 Å². The SMILES string of the molecule is CCOc1cc(/C=N\NC(=O)C(=O)N/N=C\c2cc(Br)c(O)c(OCC)c2)cc(Br)c1O. The van der Waals surface area contributed by atoms with Crippen LogP contribution < -0.4 is 20.3 Å². The van der Waals surface area contributed by atoms with Crippen LogP contribution in [0.5, 0.6) is 23.0 Å². The zero-order valence-electron chi connectivity index (χ0n) is 17.1. The number of ether oxygens (including phenoxy) is 2. The van der Waals surface area contributed by atoms with Gasteiger partial charge < -0.3 is 19.7 Å². The van der Waals surface area contributed by atoms with Crippen LogP contribution in [0.2, 0.25) is 0 Å². The van der Waals surface area contributed by atoms with Crippen molar-refractivity contribution in [2.45, 2.75) is 13.8 Å². The van der Waals surface area contributed by atoms with Crippen molar-refractivity contribution in [1.29, 1.82) is 0 Å². The van der Waals surface area contributed by atoms with Gasteiger partial charge in [0.2, 0.25) is 0 Å². The van der Waals surface area contributed by atoms with Crippen molar-refractivity contribution in [3.63, 3.8) is 0 Å². The molecule has 0 saturated carbocycles. The van der Waals surface area contributed by atoms with Crippen LogP contribution in [0, 0.1) is 0 Å². The van der Waals surface area contributed by atoms with E-state index in [4.69, 9.17) is 9.47 Å². The topological polar surface area (TPSA) is 142 Å². The molecule has 2 amide bonds. The normalized spacial score (nSPS) is 11.0. The molecule has 32 heavy (non-hydrogen) atoms. The highest BCUT2D eigenvalue weighted by molar-refractivity contribution is 9.10. The minimum atomic E-state index is -1.04. The molecule has 0 atom stereocenters. The molecule has 0 fully saturated rings. The summed E-state index contributed by atoms with van der Waals surface area (Å²) in [6, 6.07) is 6.17. The van der Waals surface area contributed by atoms with E-state index in [0.29, 0.717) is 33.3 Å². The van der Waals surface area contributed by atoms with E-state index >= 15 is 0 Å². The van der Waals surface area contributed by atoms with Gasteiger partial charge in [-0.05, 0) is 81.1 Å². The van der Waals surface area contributed by atoms with E-state index in [1.807, 2.05) is 0 Å². The number of carbonyl (C=O) groups excluding carboxylic acids is 2. The summed E-state index contributed by atoms with van der Waals surface area (Å²) in [5.74, 6) is -1.70. The Bertz CT molecular complexity index is 975. The molecule has 170 valence electrons. The zero-order chi connectivity index (χ0) is 23.7. The minimum Gasteiger partial charge on any atom is -0.503 e. The number of phenolic OH excluding ortho intramolecular Hbond substituents is 2. The summed E-state index contributed by atoms with van der Waals surface area (Å²) in [6.07, 6.45) is 2.56. The fraction of sp³-hybridized carbons (Fsp3) is 0.200. The predicted molar refractivity (Wildman–Crippen MR) is 125 cm³/mol. The van der Waals surface area contributed by atoms with Crippen molar-refractivity contribution >= 4 is 56.1 Å². The molecule has 0 bridgehead atoms. The summed E-state index contributed by atoms with van der Waals surface area (Å²) < 4.78 is 11.4. The highest BCUT2D eigenvalue weighted by Gasteiger charge is 2.13. The molecule has 0 aliphatic carbocycles. The van der Waals surface area contributed by atoms with Crippen LogP contribution in [0.25, 0.3) is 0 Å². The fourth-order valence-electron chi connectivity index (χ4n) is 2.30. The van der Waals surface area contributed by atoms with Crippen LogP contribution in [0.1, 0.15) is 25.0 Å². The Morgan fingerprint density at radius 1 is 0.844 bits per heavy atom. The fourth-order valence-corrected chi connectivity index (χ4v) is 3.22. The molecule has 0 radical (unpaired) electrons. The number of halogens is 2. The summed E-state index contributed by atoms with van der Waals surface area (Å²) in [7, 11) is 0. The molecule has 2 rings (SSSR count). The van der Waals surface area contributed by atoms with E-state index in [0.717, 1.165) is 0 Å². The molecule has 0 unspecified atom stereocenters. The Morgan fingerprint density at radius 2 is 1.22 bits per heavy atom. The second kappa shape index (κ2) is 12.1. The van der Waals surface area contributed by atoms with Crippen LogP contribution in [0.4, 0.5) is 0 Å². The smallest absolute Gasteiger partial charge is 0.331 e. The third-order valence-corrected chi connectivity index (χ3v) is 4.88. The van der Waals surface area contributed by atoms with Gasteiger partial charge in [-0.2, -0.15) is 10.2 Å². The van der Waals surface area contributed by atoms with E-state index in [1.165, 1.54) is 24.6 Å². The monoisotopic (exact) mass is 570 g/mol. The Balaban J connectivity index is 1.96. The van der Waals surface area contributed by atoms with Gasteiger partial charge in [0, 0.05) is 0 Å². The van der Waals surface area contributed by atoms with Gasteiger partial charge >= 0.3 is 11.8 Å². The van der Waals surface area contributed by atoms with Crippen LogP contribution in [0.15, 0.2) is 43.4 Å². The summed E-state index contributed by atoms with van der Waals surface area (Å²) in [5.41, 5.74) is 5.17. The van der Waals surface area contributed by atoms with Crippen molar-refractivity contribution in [1.82, 2.24) is 10.9 Å². The number of amides is 2. The lowest BCUT2D eigenvalue weighted by molar-refractivity contribution is -0.139. The first-order chi connectivity index (χ1) is 15.3. The first-order valence-corrected chi connectivity index (χ1v) is 10.8. The van der Waals surface area contributed by atoms with Gasteiger partial charge in [-0.15, -0.1) is 0 Å². The largest absolute Gasteiger partial charge is 0.503 e. The van der Waals surface area contributed by atoms with Crippen molar-refractivity contribution < 1.29 is 29.3 Å². The maximum atomic E-state index is 11.9. The molecule has 0 saturated heterocycles. The molecule has 12 heteroatoms. The summed E-state index contributed by atoms with van der Waals surface area (Å²) in [5, 5.41) is 27.2. The number of rotatable bonds is 8. The Morgan fingerprint density at radius 3 is 1.56 bits per heavy atom. The molecular weight excluding hydrogens is 552 g/mol. The first kappa shape index (κ1) is 25.1. The van der Waals surface area contributed by atoms with Crippen molar-refractivity contribution in [2.75, 3.05) is 13.2 Å². The van der Waals surface area contributed by atoms with Crippen molar-refractivity contribution in [3.05, 3.63) is 44.3 Å². The van der Waals surface area contributed by atoms with Crippen LogP contribution in [-0.4, -0.2) is 47.7 Å². The first-order valence-electron chi connectivity index (χ1n) is 9.23. The van der Waals surface area contributed by atoms with Crippen molar-refractivity contribution in [2.24, 2.45) is 10.2 Å². The Hall–Kier alpha value is -3.12. The number of hydrogen-bond donors (Lipinski definition) is 4. The molecule has 0 aromatic heterocycles. The Kier molecular flexibility index (Phi) is 9.47. The number of phenols is 2. The molecule has 0 heterocycles. The average molecular weight is 572 g/mol. The number of nitrogens with zero attached hydrogens (tertiary/aromatic N) is 2. The second-order valence-electron chi connectivity index (χ2n) is 5.96. The van der Waals surface area contributed by atoms with Gasteiger partial charge in [-0.25, -0.2) is 10.9 Å². The molecule has 4 N–H and O–H groups in total.